The van der Waals surface area contributed by atoms with Crippen LogP contribution in [0, 0.1) is 6.92 Å². The summed E-state index contributed by atoms with van der Waals surface area (Å²) in [7, 11) is -3.66. The third-order valence-electron chi connectivity index (χ3n) is 5.58. The van der Waals surface area contributed by atoms with E-state index in [9.17, 15) is 18.0 Å². The number of nitrogens with zero attached hydrogens (tertiary/aromatic N) is 1. The summed E-state index contributed by atoms with van der Waals surface area (Å²) in [4.78, 5) is 25.8. The second kappa shape index (κ2) is 10.7. The third kappa shape index (κ3) is 5.46. The minimum atomic E-state index is -3.66. The van der Waals surface area contributed by atoms with Crippen molar-refractivity contribution < 1.29 is 27.5 Å². The van der Waals surface area contributed by atoms with Crippen LogP contribution in [-0.2, 0) is 19.5 Å². The minimum Gasteiger partial charge on any atom is -0.462 e. The molecule has 1 amide bonds. The molecule has 1 fully saturated rings. The van der Waals surface area contributed by atoms with Gasteiger partial charge in [-0.2, -0.15) is 4.31 Å². The van der Waals surface area contributed by atoms with Crippen molar-refractivity contribution in [2.75, 3.05) is 38.2 Å². The fourth-order valence-corrected chi connectivity index (χ4v) is 6.05. The first-order valence-electron chi connectivity index (χ1n) is 11.2. The molecule has 0 saturated carbocycles. The van der Waals surface area contributed by atoms with Gasteiger partial charge >= 0.3 is 5.97 Å². The molecule has 35 heavy (non-hydrogen) atoms. The SMILES string of the molecule is CCOC(=O)c1c(-c2ccc(C)cc2)csc1NC(=O)c1ccc(S(=O)(=O)N2CCOCC2)cc1. The molecule has 10 heteroatoms. The van der Waals surface area contributed by atoms with Gasteiger partial charge in [0.25, 0.3) is 5.91 Å². The van der Waals surface area contributed by atoms with E-state index in [-0.39, 0.29) is 17.1 Å². The predicted molar refractivity (Wildman–Crippen MR) is 134 cm³/mol. The van der Waals surface area contributed by atoms with Crippen LogP contribution in [-0.4, -0.2) is 57.5 Å². The van der Waals surface area contributed by atoms with Crippen molar-refractivity contribution in [2.24, 2.45) is 0 Å². The van der Waals surface area contributed by atoms with Gasteiger partial charge in [0.15, 0.2) is 0 Å². The van der Waals surface area contributed by atoms with E-state index in [4.69, 9.17) is 9.47 Å². The van der Waals surface area contributed by atoms with Crippen molar-refractivity contribution in [1.82, 2.24) is 4.31 Å². The Balaban J connectivity index is 1.57. The molecule has 0 unspecified atom stereocenters. The van der Waals surface area contributed by atoms with Crippen LogP contribution in [0.1, 0.15) is 33.2 Å². The lowest BCUT2D eigenvalue weighted by atomic mass is 10.0. The maximum atomic E-state index is 13.0. The lowest BCUT2D eigenvalue weighted by Crippen LogP contribution is -2.40. The molecule has 1 aromatic heterocycles. The second-order valence-corrected chi connectivity index (χ2v) is 10.8. The Hall–Kier alpha value is -3.05. The number of carbonyl (C=O) groups excluding carboxylic acids is 2. The molecule has 184 valence electrons. The topological polar surface area (TPSA) is 102 Å². The minimum absolute atomic E-state index is 0.112. The van der Waals surface area contributed by atoms with Gasteiger partial charge < -0.3 is 14.8 Å². The summed E-state index contributed by atoms with van der Waals surface area (Å²) in [5.74, 6) is -0.977. The predicted octanol–water partition coefficient (Wildman–Crippen LogP) is 4.17. The molecule has 2 aromatic carbocycles. The monoisotopic (exact) mass is 514 g/mol. The van der Waals surface area contributed by atoms with Crippen molar-refractivity contribution in [3.8, 4) is 11.1 Å². The molecule has 0 radical (unpaired) electrons. The average molecular weight is 515 g/mol. The highest BCUT2D eigenvalue weighted by atomic mass is 32.2. The fraction of sp³-hybridized carbons (Fsp3) is 0.280. The first kappa shape index (κ1) is 25.1. The molecular weight excluding hydrogens is 488 g/mol. The molecule has 1 N–H and O–H groups in total. The first-order chi connectivity index (χ1) is 16.8. The summed E-state index contributed by atoms with van der Waals surface area (Å²) < 4.78 is 37.5. The number of ether oxygens (including phenoxy) is 2. The molecular formula is C25H26N2O6S2. The van der Waals surface area contributed by atoms with Gasteiger partial charge in [0.05, 0.1) is 24.7 Å². The number of thiophene rings is 1. The Labute approximate surface area is 208 Å². The van der Waals surface area contributed by atoms with Crippen LogP contribution in [0.2, 0.25) is 0 Å². The van der Waals surface area contributed by atoms with Crippen molar-refractivity contribution in [1.29, 1.82) is 0 Å². The lowest BCUT2D eigenvalue weighted by molar-refractivity contribution is 0.0529. The molecule has 0 atom stereocenters. The summed E-state index contributed by atoms with van der Waals surface area (Å²) >= 11 is 1.23. The smallest absolute Gasteiger partial charge is 0.341 e. The summed E-state index contributed by atoms with van der Waals surface area (Å²) in [6, 6.07) is 13.5. The van der Waals surface area contributed by atoms with Crippen LogP contribution in [0.4, 0.5) is 5.00 Å². The zero-order valence-corrected chi connectivity index (χ0v) is 21.1. The highest BCUT2D eigenvalue weighted by Gasteiger charge is 2.27. The number of rotatable bonds is 7. The van der Waals surface area contributed by atoms with Crippen LogP contribution < -0.4 is 5.32 Å². The van der Waals surface area contributed by atoms with Crippen LogP contribution in [0.15, 0.2) is 58.8 Å². The summed E-state index contributed by atoms with van der Waals surface area (Å²) in [5, 5.41) is 4.97. The van der Waals surface area contributed by atoms with Gasteiger partial charge in [-0.1, -0.05) is 29.8 Å². The van der Waals surface area contributed by atoms with E-state index >= 15 is 0 Å². The average Bonchev–Trinajstić information content (AvgIpc) is 3.28. The van der Waals surface area contributed by atoms with Crippen LogP contribution in [0.25, 0.3) is 11.1 Å². The molecule has 8 nitrogen and oxygen atoms in total. The standard InChI is InChI=1S/C25H26N2O6S2/c1-3-33-25(29)22-21(18-6-4-17(2)5-7-18)16-34-24(22)26-23(28)19-8-10-20(11-9-19)35(30,31)27-12-14-32-15-13-27/h4-11,16H,3,12-15H2,1-2H3,(H,26,28). The van der Waals surface area contributed by atoms with E-state index in [1.54, 1.807) is 6.92 Å². The number of carbonyl (C=O) groups is 2. The molecule has 0 spiro atoms. The number of nitrogens with one attached hydrogen (secondary N) is 1. The second-order valence-electron chi connectivity index (χ2n) is 7.93. The zero-order chi connectivity index (χ0) is 25.0. The Morgan fingerprint density at radius 3 is 2.34 bits per heavy atom. The molecule has 1 aliphatic rings. The van der Waals surface area contributed by atoms with E-state index < -0.39 is 21.9 Å². The Kier molecular flexibility index (Phi) is 7.66. The third-order valence-corrected chi connectivity index (χ3v) is 8.39. The zero-order valence-electron chi connectivity index (χ0n) is 19.4. The van der Waals surface area contributed by atoms with Crippen molar-refractivity contribution >= 4 is 38.2 Å². The van der Waals surface area contributed by atoms with Crippen molar-refractivity contribution in [2.45, 2.75) is 18.7 Å². The van der Waals surface area contributed by atoms with Crippen LogP contribution in [0.5, 0.6) is 0 Å². The molecule has 4 rings (SSSR count). The summed E-state index contributed by atoms with van der Waals surface area (Å²) in [6.07, 6.45) is 0. The van der Waals surface area contributed by atoms with E-state index in [0.29, 0.717) is 42.4 Å². The Morgan fingerprint density at radius 2 is 1.71 bits per heavy atom. The number of amides is 1. The number of anilines is 1. The van der Waals surface area contributed by atoms with Crippen molar-refractivity contribution in [3.63, 3.8) is 0 Å². The quantitative estimate of drug-likeness (QED) is 0.475. The van der Waals surface area contributed by atoms with Gasteiger partial charge in [-0.15, -0.1) is 11.3 Å². The highest BCUT2D eigenvalue weighted by Crippen LogP contribution is 2.36. The van der Waals surface area contributed by atoms with E-state index in [1.165, 1.54) is 39.9 Å². The fourth-order valence-electron chi connectivity index (χ4n) is 3.69. The molecule has 2 heterocycles. The van der Waals surface area contributed by atoms with Gasteiger partial charge in [0, 0.05) is 29.6 Å². The van der Waals surface area contributed by atoms with Crippen molar-refractivity contribution in [3.05, 3.63) is 70.6 Å². The normalized spacial score (nSPS) is 14.5. The molecule has 3 aromatic rings. The maximum absolute atomic E-state index is 13.0. The number of aryl methyl sites for hydroxylation is 1. The number of morpholine rings is 1. The highest BCUT2D eigenvalue weighted by molar-refractivity contribution is 7.89. The Morgan fingerprint density at radius 1 is 1.06 bits per heavy atom. The van der Waals surface area contributed by atoms with Gasteiger partial charge in [-0.05, 0) is 43.7 Å². The molecule has 0 aliphatic carbocycles. The van der Waals surface area contributed by atoms with Gasteiger partial charge in [-0.25, -0.2) is 13.2 Å². The van der Waals surface area contributed by atoms with E-state index in [2.05, 4.69) is 5.32 Å². The number of hydrogen-bond donors (Lipinski definition) is 1. The number of benzene rings is 2. The number of esters is 1. The Bertz CT molecular complexity index is 1310. The molecule has 1 aliphatic heterocycles. The van der Waals surface area contributed by atoms with Crippen LogP contribution in [0.3, 0.4) is 0 Å². The number of sulfonamides is 1. The first-order valence-corrected chi connectivity index (χ1v) is 13.5. The van der Waals surface area contributed by atoms with E-state index in [1.807, 2.05) is 36.6 Å². The van der Waals surface area contributed by atoms with E-state index in [0.717, 1.165) is 11.1 Å². The van der Waals surface area contributed by atoms with Crippen LogP contribution >= 0.6 is 11.3 Å². The van der Waals surface area contributed by atoms with Gasteiger partial charge in [0.1, 0.15) is 10.6 Å². The summed E-state index contributed by atoms with van der Waals surface area (Å²) in [5.41, 5.74) is 3.17. The van der Waals surface area contributed by atoms with Gasteiger partial charge in [0.2, 0.25) is 10.0 Å². The molecule has 1 saturated heterocycles. The van der Waals surface area contributed by atoms with Gasteiger partial charge in [-0.3, -0.25) is 4.79 Å². The lowest BCUT2D eigenvalue weighted by Gasteiger charge is -2.26. The largest absolute Gasteiger partial charge is 0.462 e. The number of hydrogen-bond acceptors (Lipinski definition) is 7. The maximum Gasteiger partial charge on any atom is 0.341 e. The molecule has 0 bridgehead atoms. The summed E-state index contributed by atoms with van der Waals surface area (Å²) in [6.45, 7) is 5.20.